The largest absolute Gasteiger partial charge is 0.481 e. The molecule has 0 radical (unpaired) electrons. The molecule has 0 saturated carbocycles. The Kier molecular flexibility index (Phi) is 13.8. The van der Waals surface area contributed by atoms with E-state index in [-0.39, 0.29) is 11.3 Å². The lowest BCUT2D eigenvalue weighted by Gasteiger charge is -2.00. The van der Waals surface area contributed by atoms with Crippen molar-refractivity contribution in [2.45, 2.75) is 70.8 Å². The third kappa shape index (κ3) is 14.8. The van der Waals surface area contributed by atoms with E-state index in [4.69, 9.17) is 5.11 Å². The highest BCUT2D eigenvalue weighted by Gasteiger charge is 2.12. The molecule has 5 heteroatoms. The zero-order chi connectivity index (χ0) is 17.3. The van der Waals surface area contributed by atoms with Crippen LogP contribution in [-0.2, 0) is 4.79 Å². The van der Waals surface area contributed by atoms with Crippen LogP contribution in [0.3, 0.4) is 0 Å². The van der Waals surface area contributed by atoms with Crippen molar-refractivity contribution in [3.63, 3.8) is 0 Å². The standard InChI is InChI=1S/C18H29NO4/c1-2-3-4-5-8-11-14-17(19(22)23)15-12-9-6-7-10-13-16-18(20)21/h6,8-9,11-12,15,17H,2-5,7,10,13-14,16H2,1H3,(H,20,21)/b9-6-,11-8-,15-12+. The van der Waals surface area contributed by atoms with Gasteiger partial charge in [0.1, 0.15) is 0 Å². The van der Waals surface area contributed by atoms with E-state index in [1.54, 1.807) is 18.2 Å². The first-order chi connectivity index (χ1) is 11.1. The van der Waals surface area contributed by atoms with Crippen molar-refractivity contribution < 1.29 is 14.8 Å². The van der Waals surface area contributed by atoms with Crippen molar-refractivity contribution in [2.75, 3.05) is 0 Å². The van der Waals surface area contributed by atoms with E-state index in [1.807, 2.05) is 18.2 Å². The SMILES string of the molecule is CCCCC/C=C\CC(/C=C/C=C\CCCCC(=O)O)[N+](=O)[O-]. The summed E-state index contributed by atoms with van der Waals surface area (Å²) in [6.07, 6.45) is 18.3. The quantitative estimate of drug-likeness (QED) is 0.162. The third-order valence-corrected chi connectivity index (χ3v) is 3.38. The van der Waals surface area contributed by atoms with Crippen LogP contribution in [0.5, 0.6) is 0 Å². The highest BCUT2D eigenvalue weighted by atomic mass is 16.6. The van der Waals surface area contributed by atoms with E-state index >= 15 is 0 Å². The zero-order valence-corrected chi connectivity index (χ0v) is 14.0. The minimum absolute atomic E-state index is 0.192. The molecule has 0 aliphatic rings. The number of hydrogen-bond donors (Lipinski definition) is 1. The fourth-order valence-electron chi connectivity index (χ4n) is 2.01. The van der Waals surface area contributed by atoms with Crippen LogP contribution in [0, 0.1) is 10.1 Å². The van der Waals surface area contributed by atoms with Crippen LogP contribution in [0.25, 0.3) is 0 Å². The summed E-state index contributed by atoms with van der Waals surface area (Å²) in [5.74, 6) is -0.773. The number of carboxylic acid groups (broad SMARTS) is 1. The number of nitrogens with zero attached hydrogens (tertiary/aromatic N) is 1. The van der Waals surface area contributed by atoms with Crippen molar-refractivity contribution in [1.82, 2.24) is 0 Å². The normalized spacial score (nSPS) is 13.3. The lowest BCUT2D eigenvalue weighted by Crippen LogP contribution is -2.15. The molecule has 0 aliphatic heterocycles. The highest BCUT2D eigenvalue weighted by Crippen LogP contribution is 2.05. The highest BCUT2D eigenvalue weighted by molar-refractivity contribution is 5.66. The molecule has 0 rings (SSSR count). The van der Waals surface area contributed by atoms with Crippen LogP contribution in [0.1, 0.15) is 64.7 Å². The summed E-state index contributed by atoms with van der Waals surface area (Å²) >= 11 is 0. The van der Waals surface area contributed by atoms with Crippen LogP contribution in [-0.4, -0.2) is 22.0 Å². The van der Waals surface area contributed by atoms with Gasteiger partial charge in [-0.2, -0.15) is 0 Å². The fraction of sp³-hybridized carbons (Fsp3) is 0.611. The summed E-state index contributed by atoms with van der Waals surface area (Å²) in [7, 11) is 0. The number of hydrogen-bond acceptors (Lipinski definition) is 3. The van der Waals surface area contributed by atoms with Gasteiger partial charge in [0.15, 0.2) is 0 Å². The summed E-state index contributed by atoms with van der Waals surface area (Å²) < 4.78 is 0. The van der Waals surface area contributed by atoms with Gasteiger partial charge in [-0.15, -0.1) is 0 Å². The number of carbonyl (C=O) groups is 1. The van der Waals surface area contributed by atoms with Crippen LogP contribution < -0.4 is 0 Å². The molecule has 130 valence electrons. The average Bonchev–Trinajstić information content (AvgIpc) is 2.50. The maximum absolute atomic E-state index is 11.0. The molecule has 0 fully saturated rings. The van der Waals surface area contributed by atoms with E-state index in [0.29, 0.717) is 12.8 Å². The van der Waals surface area contributed by atoms with E-state index < -0.39 is 12.0 Å². The number of carboxylic acids is 1. The molecule has 23 heavy (non-hydrogen) atoms. The maximum atomic E-state index is 11.0. The Balaban J connectivity index is 3.97. The molecular weight excluding hydrogens is 294 g/mol. The van der Waals surface area contributed by atoms with Crippen molar-refractivity contribution >= 4 is 5.97 Å². The molecule has 0 aromatic rings. The smallest absolute Gasteiger partial charge is 0.303 e. The molecule has 0 aliphatic carbocycles. The van der Waals surface area contributed by atoms with Gasteiger partial charge >= 0.3 is 5.97 Å². The van der Waals surface area contributed by atoms with E-state index in [2.05, 4.69) is 6.92 Å². The first kappa shape index (κ1) is 21.1. The van der Waals surface area contributed by atoms with E-state index in [1.165, 1.54) is 12.8 Å². The average molecular weight is 323 g/mol. The Labute approximate surface area is 138 Å². The van der Waals surface area contributed by atoms with Gasteiger partial charge in [-0.1, -0.05) is 50.1 Å². The van der Waals surface area contributed by atoms with Crippen LogP contribution in [0.2, 0.25) is 0 Å². The minimum atomic E-state index is -0.773. The van der Waals surface area contributed by atoms with Crippen LogP contribution in [0.15, 0.2) is 36.5 Å². The summed E-state index contributed by atoms with van der Waals surface area (Å²) in [4.78, 5) is 21.0. The molecule has 0 bridgehead atoms. The minimum Gasteiger partial charge on any atom is -0.481 e. The lowest BCUT2D eigenvalue weighted by atomic mass is 10.1. The van der Waals surface area contributed by atoms with Gasteiger partial charge in [-0.3, -0.25) is 14.9 Å². The molecule has 1 N–H and O–H groups in total. The fourth-order valence-corrected chi connectivity index (χ4v) is 2.01. The summed E-state index contributed by atoms with van der Waals surface area (Å²) in [6, 6.07) is -0.686. The summed E-state index contributed by atoms with van der Waals surface area (Å²) in [6.45, 7) is 2.15. The van der Waals surface area contributed by atoms with E-state index in [9.17, 15) is 14.9 Å². The third-order valence-electron chi connectivity index (χ3n) is 3.38. The molecule has 0 amide bonds. The number of aliphatic carboxylic acids is 1. The number of rotatable bonds is 14. The maximum Gasteiger partial charge on any atom is 0.303 e. The summed E-state index contributed by atoms with van der Waals surface area (Å²) in [5.41, 5.74) is 0. The lowest BCUT2D eigenvalue weighted by molar-refractivity contribution is -0.508. The number of nitro groups is 1. The molecule has 0 aromatic carbocycles. The Morgan fingerprint density at radius 3 is 2.43 bits per heavy atom. The van der Waals surface area contributed by atoms with Gasteiger partial charge < -0.3 is 5.11 Å². The van der Waals surface area contributed by atoms with E-state index in [0.717, 1.165) is 25.7 Å². The molecule has 0 spiro atoms. The Hall–Kier alpha value is -1.91. The Morgan fingerprint density at radius 2 is 1.78 bits per heavy atom. The van der Waals surface area contributed by atoms with Crippen LogP contribution >= 0.6 is 0 Å². The first-order valence-electron chi connectivity index (χ1n) is 8.41. The van der Waals surface area contributed by atoms with Gasteiger partial charge in [-0.05, 0) is 38.2 Å². The zero-order valence-electron chi connectivity index (χ0n) is 14.0. The van der Waals surface area contributed by atoms with Crippen molar-refractivity contribution in [3.05, 3.63) is 46.6 Å². The molecule has 5 nitrogen and oxygen atoms in total. The predicted molar refractivity (Wildman–Crippen MR) is 93.1 cm³/mol. The second kappa shape index (κ2) is 15.0. The second-order valence-corrected chi connectivity index (χ2v) is 5.51. The molecule has 1 atom stereocenters. The second-order valence-electron chi connectivity index (χ2n) is 5.51. The number of allylic oxidation sites excluding steroid dienone is 4. The monoisotopic (exact) mass is 323 g/mol. The predicted octanol–water partition coefficient (Wildman–Crippen LogP) is 4.92. The Bertz CT molecular complexity index is 413. The van der Waals surface area contributed by atoms with Gasteiger partial charge in [0.2, 0.25) is 6.04 Å². The topological polar surface area (TPSA) is 80.4 Å². The van der Waals surface area contributed by atoms with Crippen LogP contribution in [0.4, 0.5) is 0 Å². The van der Waals surface area contributed by atoms with Crippen molar-refractivity contribution in [1.29, 1.82) is 0 Å². The van der Waals surface area contributed by atoms with Crippen molar-refractivity contribution in [2.24, 2.45) is 0 Å². The molecule has 0 saturated heterocycles. The van der Waals surface area contributed by atoms with Crippen molar-refractivity contribution in [3.8, 4) is 0 Å². The molecule has 0 aromatic heterocycles. The molecule has 1 unspecified atom stereocenters. The number of unbranched alkanes of at least 4 members (excludes halogenated alkanes) is 5. The van der Waals surface area contributed by atoms with Gasteiger partial charge in [0.05, 0.1) is 0 Å². The van der Waals surface area contributed by atoms with Gasteiger partial charge in [0.25, 0.3) is 0 Å². The Morgan fingerprint density at radius 1 is 1.09 bits per heavy atom. The first-order valence-corrected chi connectivity index (χ1v) is 8.41. The summed E-state index contributed by atoms with van der Waals surface area (Å²) in [5, 5.41) is 19.5. The molecule has 0 heterocycles. The van der Waals surface area contributed by atoms with Gasteiger partial charge in [-0.25, -0.2) is 0 Å². The molecular formula is C18H29NO4. The van der Waals surface area contributed by atoms with Gasteiger partial charge in [0, 0.05) is 17.8 Å².